The van der Waals surface area contributed by atoms with Crippen LogP contribution in [0.25, 0.3) is 0 Å². The lowest BCUT2D eigenvalue weighted by Crippen LogP contribution is -2.04. The number of hydrogen-bond acceptors (Lipinski definition) is 5. The van der Waals surface area contributed by atoms with Gasteiger partial charge in [-0.3, -0.25) is 26.6 Å². The van der Waals surface area contributed by atoms with Crippen LogP contribution in [-0.2, 0) is 0 Å². The summed E-state index contributed by atoms with van der Waals surface area (Å²) in [5.41, 5.74) is 0.395. The number of halogens is 1. The number of ketones is 1. The molecule has 0 saturated carbocycles. The molecule has 2 rings (SSSR count). The monoisotopic (exact) mass is 295 g/mol. The fourth-order valence-corrected chi connectivity index (χ4v) is 1.57. The number of carbonyl (C=O) groups is 1. The summed E-state index contributed by atoms with van der Waals surface area (Å²) in [5.74, 6) is 7.66. The maximum atomic E-state index is 12.1. The second-order valence-electron chi connectivity index (χ2n) is 3.47. The largest absolute Gasteiger partial charge is 0.288 e. The van der Waals surface area contributed by atoms with Crippen LogP contribution in [0, 0.1) is 10.1 Å². The van der Waals surface area contributed by atoms with E-state index in [0.29, 0.717) is 5.56 Å². The summed E-state index contributed by atoms with van der Waals surface area (Å²) >= 11 is 0. The van der Waals surface area contributed by atoms with Crippen molar-refractivity contribution in [2.45, 2.75) is 0 Å². The van der Waals surface area contributed by atoms with Crippen LogP contribution in [0.3, 0.4) is 0 Å². The van der Waals surface area contributed by atoms with Crippen molar-refractivity contribution in [3.63, 3.8) is 0 Å². The molecular weight excluding hydrogens is 282 g/mol. The maximum Gasteiger partial charge on any atom is 0.280 e. The number of para-hydroxylation sites is 1. The third-order valence-corrected chi connectivity index (χ3v) is 2.38. The van der Waals surface area contributed by atoms with E-state index < -0.39 is 4.92 Å². The first-order valence-corrected chi connectivity index (χ1v) is 5.36. The molecule has 0 spiro atoms. The summed E-state index contributed by atoms with van der Waals surface area (Å²) < 4.78 is 0. The minimum atomic E-state index is -0.545. The van der Waals surface area contributed by atoms with Crippen molar-refractivity contribution >= 4 is 23.9 Å². The summed E-state index contributed by atoms with van der Waals surface area (Å²) in [7, 11) is 0. The van der Waals surface area contributed by atoms with Gasteiger partial charge in [0.25, 0.3) is 5.69 Å². The SMILES string of the molecule is Cl.NN.O=C(c1ccccc1)c1ccccc1[N+](=O)[O-]. The van der Waals surface area contributed by atoms with Gasteiger partial charge in [-0.05, 0) is 6.07 Å². The maximum absolute atomic E-state index is 12.1. The molecular formula is C13H14ClN3O3. The van der Waals surface area contributed by atoms with Crippen LogP contribution in [0.15, 0.2) is 54.6 Å². The summed E-state index contributed by atoms with van der Waals surface area (Å²) in [5, 5.41) is 10.8. The van der Waals surface area contributed by atoms with Crippen molar-refractivity contribution in [1.82, 2.24) is 0 Å². The quantitative estimate of drug-likeness (QED) is 0.389. The van der Waals surface area contributed by atoms with E-state index in [-0.39, 0.29) is 29.4 Å². The van der Waals surface area contributed by atoms with E-state index in [2.05, 4.69) is 11.7 Å². The smallest absolute Gasteiger partial charge is 0.280 e. The Hall–Kier alpha value is -2.28. The Bertz CT molecular complexity index is 576. The van der Waals surface area contributed by atoms with E-state index in [1.165, 1.54) is 12.1 Å². The Balaban J connectivity index is 0.00000115. The van der Waals surface area contributed by atoms with Crippen molar-refractivity contribution < 1.29 is 9.72 Å². The van der Waals surface area contributed by atoms with Gasteiger partial charge < -0.3 is 0 Å². The average Bonchev–Trinajstić information content (AvgIpc) is 2.49. The van der Waals surface area contributed by atoms with Gasteiger partial charge in [0, 0.05) is 11.6 Å². The van der Waals surface area contributed by atoms with Crippen molar-refractivity contribution in [1.29, 1.82) is 0 Å². The number of benzene rings is 2. The van der Waals surface area contributed by atoms with Gasteiger partial charge in [0.15, 0.2) is 5.78 Å². The Morgan fingerprint density at radius 3 is 2.00 bits per heavy atom. The van der Waals surface area contributed by atoms with Gasteiger partial charge in [0.2, 0.25) is 0 Å². The minimum absolute atomic E-state index is 0. The van der Waals surface area contributed by atoms with Gasteiger partial charge in [-0.25, -0.2) is 0 Å². The molecule has 0 aromatic heterocycles. The minimum Gasteiger partial charge on any atom is -0.288 e. The topological polar surface area (TPSA) is 112 Å². The molecule has 0 radical (unpaired) electrons. The van der Waals surface area contributed by atoms with Crippen molar-refractivity contribution in [3.05, 3.63) is 75.8 Å². The molecule has 0 aliphatic carbocycles. The number of carbonyl (C=O) groups excluding carboxylic acids is 1. The molecule has 0 amide bonds. The Kier molecular flexibility index (Phi) is 7.76. The zero-order valence-electron chi connectivity index (χ0n) is 10.4. The van der Waals surface area contributed by atoms with E-state index in [4.69, 9.17) is 0 Å². The Labute approximate surface area is 121 Å². The lowest BCUT2D eigenvalue weighted by molar-refractivity contribution is -0.385. The number of hydrogen-bond donors (Lipinski definition) is 2. The number of nitrogens with two attached hydrogens (primary N) is 2. The molecule has 4 N–H and O–H groups in total. The highest BCUT2D eigenvalue weighted by atomic mass is 35.5. The van der Waals surface area contributed by atoms with Gasteiger partial charge in [-0.2, -0.15) is 0 Å². The molecule has 0 heterocycles. The van der Waals surface area contributed by atoms with Gasteiger partial charge in [-0.1, -0.05) is 42.5 Å². The molecule has 0 atom stereocenters. The van der Waals surface area contributed by atoms with E-state index in [1.807, 2.05) is 0 Å². The fourth-order valence-electron chi connectivity index (χ4n) is 1.57. The van der Waals surface area contributed by atoms with Gasteiger partial charge in [0.1, 0.15) is 5.56 Å². The number of nitro benzene ring substituents is 1. The number of rotatable bonds is 3. The molecule has 0 fully saturated rings. The van der Waals surface area contributed by atoms with Crippen LogP contribution in [-0.4, -0.2) is 10.7 Å². The second-order valence-corrected chi connectivity index (χ2v) is 3.47. The van der Waals surface area contributed by atoms with Crippen LogP contribution < -0.4 is 11.7 Å². The molecule has 106 valence electrons. The standard InChI is InChI=1S/C13H9NO3.ClH.H4N2/c15-13(10-6-2-1-3-7-10)11-8-4-5-9-12(11)14(16)17;;1-2/h1-9H;1H;1-2H2. The highest BCUT2D eigenvalue weighted by molar-refractivity contribution is 6.11. The molecule has 6 nitrogen and oxygen atoms in total. The van der Waals surface area contributed by atoms with Crippen LogP contribution in [0.5, 0.6) is 0 Å². The average molecular weight is 296 g/mol. The fraction of sp³-hybridized carbons (Fsp3) is 0. The first-order valence-electron chi connectivity index (χ1n) is 5.36. The highest BCUT2D eigenvalue weighted by Crippen LogP contribution is 2.20. The summed E-state index contributed by atoms with van der Waals surface area (Å²) in [4.78, 5) is 22.3. The molecule has 2 aromatic carbocycles. The van der Waals surface area contributed by atoms with Crippen LogP contribution >= 0.6 is 12.4 Å². The number of nitrogens with zero attached hydrogens (tertiary/aromatic N) is 1. The zero-order chi connectivity index (χ0) is 14.3. The van der Waals surface area contributed by atoms with Crippen molar-refractivity contribution in [3.8, 4) is 0 Å². The predicted octanol–water partition coefficient (Wildman–Crippen LogP) is 2.07. The van der Waals surface area contributed by atoms with Crippen LogP contribution in [0.4, 0.5) is 5.69 Å². The number of hydrazine groups is 1. The lowest BCUT2D eigenvalue weighted by atomic mass is 10.0. The van der Waals surface area contributed by atoms with E-state index in [0.717, 1.165) is 0 Å². The molecule has 0 unspecified atom stereocenters. The number of nitro groups is 1. The van der Waals surface area contributed by atoms with Crippen molar-refractivity contribution in [2.75, 3.05) is 0 Å². The Morgan fingerprint density at radius 1 is 0.950 bits per heavy atom. The molecule has 0 saturated heterocycles. The van der Waals surface area contributed by atoms with Gasteiger partial charge in [-0.15, -0.1) is 12.4 Å². The van der Waals surface area contributed by atoms with E-state index in [9.17, 15) is 14.9 Å². The third-order valence-electron chi connectivity index (χ3n) is 2.38. The molecule has 2 aromatic rings. The summed E-state index contributed by atoms with van der Waals surface area (Å²) in [6, 6.07) is 14.5. The molecule has 0 aliphatic heterocycles. The normalized spacial score (nSPS) is 8.70. The second kappa shape index (κ2) is 8.76. The molecule has 0 aliphatic rings. The lowest BCUT2D eigenvalue weighted by Gasteiger charge is -2.01. The van der Waals surface area contributed by atoms with Gasteiger partial charge in [0.05, 0.1) is 4.92 Å². The summed E-state index contributed by atoms with van der Waals surface area (Å²) in [6.07, 6.45) is 0. The van der Waals surface area contributed by atoms with E-state index >= 15 is 0 Å². The third kappa shape index (κ3) is 4.13. The summed E-state index contributed by atoms with van der Waals surface area (Å²) in [6.45, 7) is 0. The highest BCUT2D eigenvalue weighted by Gasteiger charge is 2.19. The first-order chi connectivity index (χ1) is 9.20. The van der Waals surface area contributed by atoms with E-state index in [1.54, 1.807) is 42.5 Å². The zero-order valence-corrected chi connectivity index (χ0v) is 11.2. The van der Waals surface area contributed by atoms with Gasteiger partial charge >= 0.3 is 0 Å². The first kappa shape index (κ1) is 17.7. The van der Waals surface area contributed by atoms with Crippen LogP contribution in [0.1, 0.15) is 15.9 Å². The molecule has 20 heavy (non-hydrogen) atoms. The van der Waals surface area contributed by atoms with Crippen molar-refractivity contribution in [2.24, 2.45) is 11.7 Å². The Morgan fingerprint density at radius 2 is 1.45 bits per heavy atom. The van der Waals surface area contributed by atoms with Crippen LogP contribution in [0.2, 0.25) is 0 Å². The molecule has 7 heteroatoms. The predicted molar refractivity (Wildman–Crippen MR) is 78.6 cm³/mol. The molecule has 0 bridgehead atoms.